The van der Waals surface area contributed by atoms with Crippen molar-refractivity contribution >= 4 is 29.9 Å². The number of aliphatic imine (C=N–C) groups is 1. The third-order valence-electron chi connectivity index (χ3n) is 4.80. The summed E-state index contributed by atoms with van der Waals surface area (Å²) in [6.45, 7) is 6.66. The number of nitrogens with one attached hydrogen (secondary N) is 1. The monoisotopic (exact) mass is 569 g/mol. The Morgan fingerprint density at radius 2 is 1.91 bits per heavy atom. The number of hydrogen-bond donors (Lipinski definition) is 2. The van der Waals surface area contributed by atoms with Gasteiger partial charge in [0.25, 0.3) is 0 Å². The van der Waals surface area contributed by atoms with Gasteiger partial charge in [0.15, 0.2) is 5.96 Å². The van der Waals surface area contributed by atoms with Gasteiger partial charge in [0, 0.05) is 45.3 Å². The van der Waals surface area contributed by atoms with Gasteiger partial charge in [0.05, 0.1) is 18.3 Å². The molecule has 12 heteroatoms. The van der Waals surface area contributed by atoms with Gasteiger partial charge < -0.3 is 24.6 Å². The minimum absolute atomic E-state index is 0. The quantitative estimate of drug-likeness (QED) is 0.301. The van der Waals surface area contributed by atoms with E-state index in [1.54, 1.807) is 6.26 Å². The van der Waals surface area contributed by atoms with Gasteiger partial charge in [-0.05, 0) is 24.6 Å². The number of aromatic nitrogens is 1. The van der Waals surface area contributed by atoms with Crippen LogP contribution in [-0.4, -0.2) is 71.7 Å². The molecule has 0 radical (unpaired) electrons. The van der Waals surface area contributed by atoms with Crippen LogP contribution in [0.4, 0.5) is 13.2 Å². The van der Waals surface area contributed by atoms with Gasteiger partial charge in [-0.1, -0.05) is 17.3 Å². The largest absolute Gasteiger partial charge is 0.573 e. The van der Waals surface area contributed by atoms with Crippen molar-refractivity contribution in [2.45, 2.75) is 25.9 Å². The highest BCUT2D eigenvalue weighted by molar-refractivity contribution is 14.0. The number of piperazine rings is 1. The summed E-state index contributed by atoms with van der Waals surface area (Å²) in [5, 5.41) is 17.6. The van der Waals surface area contributed by atoms with Crippen molar-refractivity contribution < 1.29 is 27.5 Å². The zero-order chi connectivity index (χ0) is 22.3. The topological polar surface area (TPSA) is 86.4 Å². The van der Waals surface area contributed by atoms with Crippen LogP contribution >= 0.6 is 24.0 Å². The fourth-order valence-electron chi connectivity index (χ4n) is 3.26. The van der Waals surface area contributed by atoms with E-state index in [0.717, 1.165) is 38.4 Å². The van der Waals surface area contributed by atoms with Crippen LogP contribution in [0.15, 0.2) is 46.1 Å². The van der Waals surface area contributed by atoms with Crippen LogP contribution in [0.3, 0.4) is 0 Å². The lowest BCUT2D eigenvalue weighted by atomic mass is 10.1. The number of aliphatic hydroxyl groups is 1. The molecule has 1 aliphatic heterocycles. The first kappa shape index (κ1) is 26.2. The molecule has 1 atom stereocenters. The third kappa shape index (κ3) is 8.13. The highest BCUT2D eigenvalue weighted by Gasteiger charge is 2.31. The van der Waals surface area contributed by atoms with Crippen molar-refractivity contribution in [3.63, 3.8) is 0 Å². The SMILES string of the molecule is CCNC(=NCC(O)c1ccc(OC(F)(F)F)cc1)N1CCN(Cc2ccon2)CC1.I. The number of alkyl halides is 3. The molecule has 2 heterocycles. The first-order chi connectivity index (χ1) is 14.8. The predicted molar refractivity (Wildman–Crippen MR) is 123 cm³/mol. The van der Waals surface area contributed by atoms with Gasteiger partial charge in [-0.25, -0.2) is 0 Å². The summed E-state index contributed by atoms with van der Waals surface area (Å²) < 4.78 is 45.5. The molecule has 0 bridgehead atoms. The molecule has 1 aromatic carbocycles. The second-order valence-corrected chi connectivity index (χ2v) is 7.08. The molecule has 0 aliphatic carbocycles. The molecule has 0 amide bonds. The van der Waals surface area contributed by atoms with E-state index in [2.05, 4.69) is 30.0 Å². The van der Waals surface area contributed by atoms with E-state index in [9.17, 15) is 18.3 Å². The van der Waals surface area contributed by atoms with Crippen molar-refractivity contribution in [1.29, 1.82) is 0 Å². The summed E-state index contributed by atoms with van der Waals surface area (Å²) in [5.74, 6) is 0.364. The minimum Gasteiger partial charge on any atom is -0.406 e. The maximum atomic E-state index is 12.3. The van der Waals surface area contributed by atoms with E-state index in [-0.39, 0.29) is 36.3 Å². The molecular formula is C20H27F3IN5O3. The van der Waals surface area contributed by atoms with Crippen molar-refractivity contribution in [2.75, 3.05) is 39.3 Å². The van der Waals surface area contributed by atoms with Gasteiger partial charge in [-0.3, -0.25) is 9.89 Å². The highest BCUT2D eigenvalue weighted by Crippen LogP contribution is 2.24. The zero-order valence-corrected chi connectivity index (χ0v) is 19.9. The Labute approximate surface area is 201 Å². The lowest BCUT2D eigenvalue weighted by Crippen LogP contribution is -2.52. The Kier molecular flexibility index (Phi) is 10.0. The summed E-state index contributed by atoms with van der Waals surface area (Å²) in [7, 11) is 0. The molecule has 1 saturated heterocycles. The molecule has 1 aliphatic rings. The van der Waals surface area contributed by atoms with Gasteiger partial charge in [-0.15, -0.1) is 37.1 Å². The van der Waals surface area contributed by atoms with Crippen LogP contribution in [0.5, 0.6) is 5.75 Å². The fourth-order valence-corrected chi connectivity index (χ4v) is 3.26. The van der Waals surface area contributed by atoms with E-state index >= 15 is 0 Å². The highest BCUT2D eigenvalue weighted by atomic mass is 127. The Morgan fingerprint density at radius 3 is 2.47 bits per heavy atom. The number of ether oxygens (including phenoxy) is 1. The van der Waals surface area contributed by atoms with Crippen LogP contribution in [0.2, 0.25) is 0 Å². The molecular weight excluding hydrogens is 542 g/mol. The normalized spacial score (nSPS) is 16.4. The third-order valence-corrected chi connectivity index (χ3v) is 4.80. The molecule has 178 valence electrons. The Hall–Kier alpha value is -2.06. The van der Waals surface area contributed by atoms with Gasteiger partial charge in [-0.2, -0.15) is 0 Å². The number of halogens is 4. The second kappa shape index (κ2) is 12.3. The van der Waals surface area contributed by atoms with Crippen molar-refractivity contribution in [3.8, 4) is 5.75 Å². The van der Waals surface area contributed by atoms with E-state index in [4.69, 9.17) is 4.52 Å². The maximum absolute atomic E-state index is 12.3. The molecule has 1 unspecified atom stereocenters. The average molecular weight is 569 g/mol. The summed E-state index contributed by atoms with van der Waals surface area (Å²) in [4.78, 5) is 8.92. The van der Waals surface area contributed by atoms with Crippen LogP contribution in [0, 0.1) is 0 Å². The summed E-state index contributed by atoms with van der Waals surface area (Å²) in [6.07, 6.45) is -4.13. The van der Waals surface area contributed by atoms with Crippen molar-refractivity contribution in [1.82, 2.24) is 20.3 Å². The fraction of sp³-hybridized carbons (Fsp3) is 0.500. The van der Waals surface area contributed by atoms with E-state index in [0.29, 0.717) is 18.1 Å². The predicted octanol–water partition coefficient (Wildman–Crippen LogP) is 3.01. The molecule has 1 fully saturated rings. The van der Waals surface area contributed by atoms with Crippen molar-refractivity contribution in [2.24, 2.45) is 4.99 Å². The van der Waals surface area contributed by atoms with E-state index < -0.39 is 12.5 Å². The molecule has 1 aromatic heterocycles. The Balaban J connectivity index is 0.00000363. The zero-order valence-electron chi connectivity index (χ0n) is 17.6. The molecule has 8 nitrogen and oxygen atoms in total. The summed E-state index contributed by atoms with van der Waals surface area (Å²) >= 11 is 0. The van der Waals surface area contributed by atoms with Crippen LogP contribution < -0.4 is 10.1 Å². The summed E-state index contributed by atoms with van der Waals surface area (Å²) in [5.41, 5.74) is 1.36. The second-order valence-electron chi connectivity index (χ2n) is 7.08. The molecule has 2 N–H and O–H groups in total. The van der Waals surface area contributed by atoms with Gasteiger partial charge >= 0.3 is 6.36 Å². The molecule has 2 aromatic rings. The molecule has 3 rings (SSSR count). The number of benzene rings is 1. The van der Waals surface area contributed by atoms with E-state index in [1.165, 1.54) is 24.3 Å². The number of guanidine groups is 1. The Bertz CT molecular complexity index is 826. The standard InChI is InChI=1S/C20H26F3N5O3.HI/c1-2-24-19(28-10-8-27(9-11-28)14-16-7-12-30-26-16)25-13-18(29)15-3-5-17(6-4-15)31-20(21,22)23;/h3-7,12,18,29H,2,8-11,13-14H2,1H3,(H,24,25);1H. The number of nitrogens with zero attached hydrogens (tertiary/aromatic N) is 4. The molecule has 0 spiro atoms. The molecule has 0 saturated carbocycles. The maximum Gasteiger partial charge on any atom is 0.573 e. The number of rotatable bonds is 7. The lowest BCUT2D eigenvalue weighted by Gasteiger charge is -2.36. The first-order valence-electron chi connectivity index (χ1n) is 10.0. The number of aliphatic hydroxyl groups excluding tert-OH is 1. The summed E-state index contributed by atoms with van der Waals surface area (Å²) in [6, 6.07) is 7.00. The van der Waals surface area contributed by atoms with Gasteiger partial charge in [0.2, 0.25) is 0 Å². The first-order valence-corrected chi connectivity index (χ1v) is 10.0. The molecule has 32 heavy (non-hydrogen) atoms. The van der Waals surface area contributed by atoms with Crippen LogP contribution in [-0.2, 0) is 6.54 Å². The minimum atomic E-state index is -4.75. The van der Waals surface area contributed by atoms with Gasteiger partial charge in [0.1, 0.15) is 12.0 Å². The lowest BCUT2D eigenvalue weighted by molar-refractivity contribution is -0.274. The number of hydrogen-bond acceptors (Lipinski definition) is 6. The smallest absolute Gasteiger partial charge is 0.406 e. The Morgan fingerprint density at radius 1 is 1.22 bits per heavy atom. The average Bonchev–Trinajstić information content (AvgIpc) is 3.24. The van der Waals surface area contributed by atoms with E-state index in [1.807, 2.05) is 13.0 Å². The van der Waals surface area contributed by atoms with Crippen LogP contribution in [0.25, 0.3) is 0 Å². The van der Waals surface area contributed by atoms with Crippen LogP contribution in [0.1, 0.15) is 24.3 Å². The van der Waals surface area contributed by atoms with Crippen molar-refractivity contribution in [3.05, 3.63) is 47.9 Å².